The zero-order chi connectivity index (χ0) is 24.9. The molecule has 1 aromatic heterocycles. The molecule has 8 nitrogen and oxygen atoms in total. The van der Waals surface area contributed by atoms with Crippen molar-refractivity contribution in [1.29, 1.82) is 0 Å². The van der Waals surface area contributed by atoms with Crippen LogP contribution < -0.4 is 19.5 Å². The molecule has 0 bridgehead atoms. The number of hydrogen-bond donors (Lipinski definition) is 1. The normalized spacial score (nSPS) is 10.9. The van der Waals surface area contributed by atoms with E-state index in [9.17, 15) is 9.18 Å². The van der Waals surface area contributed by atoms with Crippen molar-refractivity contribution in [3.63, 3.8) is 0 Å². The van der Waals surface area contributed by atoms with E-state index in [0.29, 0.717) is 65.0 Å². The molecule has 0 saturated heterocycles. The van der Waals surface area contributed by atoms with Crippen molar-refractivity contribution >= 4 is 22.6 Å². The van der Waals surface area contributed by atoms with Crippen LogP contribution in [0.4, 0.5) is 10.1 Å². The van der Waals surface area contributed by atoms with E-state index < -0.39 is 0 Å². The van der Waals surface area contributed by atoms with Crippen LogP contribution in [-0.2, 0) is 0 Å². The molecule has 0 radical (unpaired) electrons. The first-order valence-corrected chi connectivity index (χ1v) is 11.4. The van der Waals surface area contributed by atoms with Gasteiger partial charge in [-0.1, -0.05) is 0 Å². The quantitative estimate of drug-likeness (QED) is 0.351. The Bertz CT molecular complexity index is 1320. The lowest BCUT2D eigenvalue weighted by Gasteiger charge is -2.17. The van der Waals surface area contributed by atoms with Gasteiger partial charge in [-0.2, -0.15) is 4.80 Å². The molecule has 1 heterocycles. The second kappa shape index (κ2) is 10.4. The number of amides is 1. The molecule has 1 amide bonds. The second-order valence-electron chi connectivity index (χ2n) is 7.68. The highest BCUT2D eigenvalue weighted by molar-refractivity contribution is 6.06. The Hall–Kier alpha value is -4.14. The van der Waals surface area contributed by atoms with Gasteiger partial charge < -0.3 is 19.5 Å². The van der Waals surface area contributed by atoms with Crippen LogP contribution in [0.5, 0.6) is 17.2 Å². The molecule has 0 saturated carbocycles. The summed E-state index contributed by atoms with van der Waals surface area (Å²) in [4.78, 5) is 14.6. The van der Waals surface area contributed by atoms with Crippen molar-refractivity contribution in [2.75, 3.05) is 25.1 Å². The number of carbonyl (C=O) groups excluding carboxylic acids is 1. The van der Waals surface area contributed by atoms with E-state index in [1.165, 1.54) is 16.9 Å². The van der Waals surface area contributed by atoms with Crippen LogP contribution in [0.1, 0.15) is 36.7 Å². The summed E-state index contributed by atoms with van der Waals surface area (Å²) < 4.78 is 30.4. The predicted octanol–water partition coefficient (Wildman–Crippen LogP) is 5.32. The average molecular weight is 479 g/mol. The fourth-order valence-electron chi connectivity index (χ4n) is 3.61. The summed E-state index contributed by atoms with van der Waals surface area (Å²) in [6, 6.07) is 12.8. The number of hydrogen-bond acceptors (Lipinski definition) is 6. The average Bonchev–Trinajstić information content (AvgIpc) is 3.24. The van der Waals surface area contributed by atoms with Crippen molar-refractivity contribution in [3.8, 4) is 22.9 Å². The standard InChI is InChI=1S/C26H27FN4O4/c1-5-33-23-13-17(14-24(34-6-2)25(23)35-7-3)26(32)28-20-15-22-21(12-16(20)4)29-31(30-22)19-10-8-18(27)9-11-19/h8-15H,5-7H2,1-4H3,(H,28,32). The number of carbonyl (C=O) groups is 1. The third-order valence-corrected chi connectivity index (χ3v) is 5.20. The van der Waals surface area contributed by atoms with E-state index in [4.69, 9.17) is 14.2 Å². The molecule has 4 aromatic rings. The van der Waals surface area contributed by atoms with Crippen LogP contribution in [-0.4, -0.2) is 40.7 Å². The molecule has 3 aromatic carbocycles. The summed E-state index contributed by atoms with van der Waals surface area (Å²) in [5.74, 6) is 0.700. The van der Waals surface area contributed by atoms with Gasteiger partial charge >= 0.3 is 0 Å². The van der Waals surface area contributed by atoms with Gasteiger partial charge in [-0.3, -0.25) is 4.79 Å². The number of anilines is 1. The number of aromatic nitrogens is 3. The molecule has 9 heteroatoms. The van der Waals surface area contributed by atoms with Gasteiger partial charge in [0.15, 0.2) is 11.5 Å². The first-order valence-electron chi connectivity index (χ1n) is 11.4. The zero-order valence-corrected chi connectivity index (χ0v) is 20.1. The molecule has 1 N–H and O–H groups in total. The van der Waals surface area contributed by atoms with E-state index >= 15 is 0 Å². The maximum atomic E-state index is 13.3. The van der Waals surface area contributed by atoms with E-state index in [1.54, 1.807) is 30.3 Å². The van der Waals surface area contributed by atoms with Crippen LogP contribution in [0, 0.1) is 12.7 Å². The molecule has 0 spiro atoms. The molecule has 0 aliphatic rings. The Balaban J connectivity index is 1.65. The Morgan fingerprint density at radius 3 is 2.03 bits per heavy atom. The fraction of sp³-hybridized carbons (Fsp3) is 0.269. The highest BCUT2D eigenvalue weighted by atomic mass is 19.1. The molecular weight excluding hydrogens is 451 g/mol. The van der Waals surface area contributed by atoms with Gasteiger partial charge in [0, 0.05) is 11.3 Å². The minimum atomic E-state index is -0.333. The number of ether oxygens (including phenoxy) is 3. The first-order chi connectivity index (χ1) is 16.9. The molecular formula is C26H27FN4O4. The molecule has 0 atom stereocenters. The fourth-order valence-corrected chi connectivity index (χ4v) is 3.61. The van der Waals surface area contributed by atoms with E-state index in [1.807, 2.05) is 33.8 Å². The van der Waals surface area contributed by atoms with Crippen molar-refractivity contribution in [3.05, 3.63) is 65.5 Å². The Morgan fingerprint density at radius 2 is 1.46 bits per heavy atom. The monoisotopic (exact) mass is 478 g/mol. The largest absolute Gasteiger partial charge is 0.490 e. The highest BCUT2D eigenvalue weighted by Crippen LogP contribution is 2.39. The third kappa shape index (κ3) is 5.18. The smallest absolute Gasteiger partial charge is 0.255 e. The van der Waals surface area contributed by atoms with E-state index in [2.05, 4.69) is 15.5 Å². The third-order valence-electron chi connectivity index (χ3n) is 5.20. The van der Waals surface area contributed by atoms with E-state index in [0.717, 1.165) is 5.56 Å². The lowest BCUT2D eigenvalue weighted by molar-refractivity contribution is 0.102. The van der Waals surface area contributed by atoms with Gasteiger partial charge in [-0.25, -0.2) is 4.39 Å². The lowest BCUT2D eigenvalue weighted by Crippen LogP contribution is -2.14. The minimum Gasteiger partial charge on any atom is -0.490 e. The van der Waals surface area contributed by atoms with Gasteiger partial charge in [0.2, 0.25) is 5.75 Å². The van der Waals surface area contributed by atoms with Crippen LogP contribution in [0.25, 0.3) is 16.7 Å². The summed E-state index contributed by atoms with van der Waals surface area (Å²) in [6.07, 6.45) is 0. The zero-order valence-electron chi connectivity index (χ0n) is 20.1. The maximum Gasteiger partial charge on any atom is 0.255 e. The summed E-state index contributed by atoms with van der Waals surface area (Å²) in [6.45, 7) is 8.73. The van der Waals surface area contributed by atoms with Crippen molar-refractivity contribution in [2.24, 2.45) is 0 Å². The number of nitrogens with one attached hydrogen (secondary N) is 1. The maximum absolute atomic E-state index is 13.3. The highest BCUT2D eigenvalue weighted by Gasteiger charge is 2.19. The van der Waals surface area contributed by atoms with Crippen molar-refractivity contribution in [1.82, 2.24) is 15.0 Å². The lowest BCUT2D eigenvalue weighted by atomic mass is 10.1. The molecule has 4 rings (SSSR count). The van der Waals surface area contributed by atoms with Crippen LogP contribution in [0.2, 0.25) is 0 Å². The molecule has 0 unspecified atom stereocenters. The minimum absolute atomic E-state index is 0.330. The van der Waals surface area contributed by atoms with Crippen LogP contribution in [0.3, 0.4) is 0 Å². The van der Waals surface area contributed by atoms with E-state index in [-0.39, 0.29) is 11.7 Å². The number of aryl methyl sites for hydroxylation is 1. The van der Waals surface area contributed by atoms with Gasteiger partial charge in [-0.05, 0) is 81.8 Å². The Labute approximate surface area is 202 Å². The Kier molecular flexibility index (Phi) is 7.14. The van der Waals surface area contributed by atoms with Crippen molar-refractivity contribution in [2.45, 2.75) is 27.7 Å². The van der Waals surface area contributed by atoms with Crippen LogP contribution in [0.15, 0.2) is 48.5 Å². The van der Waals surface area contributed by atoms with Crippen LogP contribution >= 0.6 is 0 Å². The number of nitrogens with zero attached hydrogens (tertiary/aromatic N) is 3. The first kappa shape index (κ1) is 24.0. The summed E-state index contributed by atoms with van der Waals surface area (Å²) in [5.41, 5.74) is 3.66. The molecule has 0 aliphatic carbocycles. The molecule has 0 fully saturated rings. The molecule has 35 heavy (non-hydrogen) atoms. The number of benzene rings is 3. The molecule has 182 valence electrons. The number of fused-ring (bicyclic) bond motifs is 1. The molecule has 0 aliphatic heterocycles. The summed E-state index contributed by atoms with van der Waals surface area (Å²) in [5, 5.41) is 11.9. The van der Waals surface area contributed by atoms with Gasteiger partial charge in [0.05, 0.1) is 25.5 Å². The number of halogens is 1. The van der Waals surface area contributed by atoms with Gasteiger partial charge in [-0.15, -0.1) is 10.2 Å². The Morgan fingerprint density at radius 1 is 0.886 bits per heavy atom. The predicted molar refractivity (Wildman–Crippen MR) is 131 cm³/mol. The number of rotatable bonds is 9. The van der Waals surface area contributed by atoms with Crippen molar-refractivity contribution < 1.29 is 23.4 Å². The van der Waals surface area contributed by atoms with Gasteiger partial charge in [0.1, 0.15) is 16.9 Å². The summed E-state index contributed by atoms with van der Waals surface area (Å²) >= 11 is 0. The SMILES string of the molecule is CCOc1cc(C(=O)Nc2cc3nn(-c4ccc(F)cc4)nc3cc2C)cc(OCC)c1OCC. The topological polar surface area (TPSA) is 87.5 Å². The van der Waals surface area contributed by atoms with Gasteiger partial charge in [0.25, 0.3) is 5.91 Å². The summed E-state index contributed by atoms with van der Waals surface area (Å²) in [7, 11) is 0. The second-order valence-corrected chi connectivity index (χ2v) is 7.68.